The molecule has 0 saturated heterocycles. The number of hydrogen-bond donors (Lipinski definition) is 0. The van der Waals surface area contributed by atoms with E-state index in [9.17, 15) is 0 Å². The standard InChI is InChI=1S/C29H26N.Pt/c1-28(2,24-14-6-5-7-15-24)25-16-10-12-22(20-25)23-13-11-17-26(21-23)29(3,4)27-18-8-9-19-30-27;/h5-14,16-19H,1-4H3;/q-3;. The summed E-state index contributed by atoms with van der Waals surface area (Å²) in [5.41, 5.74) is 6.15. The van der Waals surface area contributed by atoms with Crippen LogP contribution in [0.3, 0.4) is 0 Å². The monoisotopic (exact) mass is 583 g/mol. The van der Waals surface area contributed by atoms with Gasteiger partial charge in [0, 0.05) is 38.4 Å². The van der Waals surface area contributed by atoms with Crippen molar-refractivity contribution in [3.05, 3.63) is 126 Å². The fourth-order valence-electron chi connectivity index (χ4n) is 3.78. The number of pyridine rings is 1. The molecule has 0 saturated carbocycles. The molecule has 4 rings (SSSR count). The van der Waals surface area contributed by atoms with E-state index in [4.69, 9.17) is 0 Å². The van der Waals surface area contributed by atoms with Gasteiger partial charge in [0.1, 0.15) is 0 Å². The van der Waals surface area contributed by atoms with Crippen LogP contribution in [-0.2, 0) is 31.9 Å². The fourth-order valence-corrected chi connectivity index (χ4v) is 3.78. The van der Waals surface area contributed by atoms with Gasteiger partial charge in [-0.2, -0.15) is 72.3 Å². The average molecular weight is 584 g/mol. The Hall–Kier alpha value is -2.50. The van der Waals surface area contributed by atoms with Gasteiger partial charge < -0.3 is 0 Å². The first kappa shape index (κ1) is 23.2. The topological polar surface area (TPSA) is 12.9 Å². The molecule has 0 atom stereocenters. The van der Waals surface area contributed by atoms with Gasteiger partial charge in [0.05, 0.1) is 0 Å². The first-order valence-corrected chi connectivity index (χ1v) is 10.3. The van der Waals surface area contributed by atoms with Crippen molar-refractivity contribution in [1.29, 1.82) is 0 Å². The Bertz CT molecular complexity index is 1040. The average Bonchev–Trinajstić information content (AvgIpc) is 2.80. The van der Waals surface area contributed by atoms with Crippen LogP contribution < -0.4 is 0 Å². The van der Waals surface area contributed by atoms with Crippen LogP contribution in [-0.4, -0.2) is 4.98 Å². The third kappa shape index (κ3) is 4.73. The molecule has 4 aromatic rings. The summed E-state index contributed by atoms with van der Waals surface area (Å²) < 4.78 is 0. The van der Waals surface area contributed by atoms with E-state index in [-0.39, 0.29) is 31.9 Å². The second kappa shape index (κ2) is 9.33. The summed E-state index contributed by atoms with van der Waals surface area (Å²) in [5.74, 6) is 0. The van der Waals surface area contributed by atoms with Crippen LogP contribution in [0.25, 0.3) is 11.1 Å². The van der Waals surface area contributed by atoms with E-state index in [1.807, 2.05) is 30.5 Å². The zero-order valence-corrected chi connectivity index (χ0v) is 20.6. The van der Waals surface area contributed by atoms with Crippen molar-refractivity contribution in [2.75, 3.05) is 0 Å². The maximum absolute atomic E-state index is 4.58. The van der Waals surface area contributed by atoms with Crippen molar-refractivity contribution in [3.8, 4) is 11.1 Å². The molecule has 1 heterocycles. The van der Waals surface area contributed by atoms with Crippen LogP contribution in [0.5, 0.6) is 0 Å². The van der Waals surface area contributed by atoms with Gasteiger partial charge in [-0.1, -0.05) is 33.8 Å². The molecule has 2 heteroatoms. The first-order valence-electron chi connectivity index (χ1n) is 10.3. The van der Waals surface area contributed by atoms with E-state index in [0.717, 1.165) is 33.5 Å². The van der Waals surface area contributed by atoms with Crippen molar-refractivity contribution < 1.29 is 21.1 Å². The Labute approximate surface area is 200 Å². The molecule has 0 amide bonds. The van der Waals surface area contributed by atoms with E-state index in [2.05, 4.69) is 105 Å². The number of nitrogens with zero attached hydrogens (tertiary/aromatic N) is 1. The number of hydrogen-bond acceptors (Lipinski definition) is 1. The van der Waals surface area contributed by atoms with E-state index in [1.165, 1.54) is 0 Å². The summed E-state index contributed by atoms with van der Waals surface area (Å²) in [7, 11) is 0. The molecule has 0 N–H and O–H groups in total. The molecule has 3 aromatic carbocycles. The van der Waals surface area contributed by atoms with Crippen LogP contribution in [0.1, 0.15) is 50.1 Å². The molecule has 1 nitrogen and oxygen atoms in total. The third-order valence-electron chi connectivity index (χ3n) is 5.91. The zero-order chi connectivity index (χ0) is 21.2. The van der Waals surface area contributed by atoms with Gasteiger partial charge in [0.15, 0.2) is 0 Å². The molecular weight excluding hydrogens is 557 g/mol. The van der Waals surface area contributed by atoms with Gasteiger partial charge in [-0.3, -0.25) is 4.98 Å². The summed E-state index contributed by atoms with van der Waals surface area (Å²) in [6.07, 6.45) is 1.85. The summed E-state index contributed by atoms with van der Waals surface area (Å²) in [5, 5.41) is 0. The maximum Gasteiger partial charge on any atom is 0.0487 e. The van der Waals surface area contributed by atoms with E-state index < -0.39 is 0 Å². The van der Waals surface area contributed by atoms with Gasteiger partial charge in [0.2, 0.25) is 0 Å². The van der Waals surface area contributed by atoms with Crippen LogP contribution in [0.2, 0.25) is 0 Å². The molecule has 0 radical (unpaired) electrons. The van der Waals surface area contributed by atoms with Crippen molar-refractivity contribution in [2.45, 2.75) is 38.5 Å². The SMILES string of the molecule is CC(C)(c1[c-]cccc1)c1[c-]c(-c2[c-]c(C(C)(C)c3ccccn3)ccc2)ccc1.[Pt]. The Morgan fingerprint density at radius 2 is 1.19 bits per heavy atom. The van der Waals surface area contributed by atoms with Gasteiger partial charge in [-0.25, -0.2) is 11.1 Å². The predicted octanol–water partition coefficient (Wildman–Crippen LogP) is 6.80. The molecule has 0 unspecified atom stereocenters. The molecular formula is C29H26NPt-3. The molecule has 0 aliphatic rings. The minimum atomic E-state index is -0.229. The Kier molecular flexibility index (Phi) is 6.97. The molecule has 0 spiro atoms. The summed E-state index contributed by atoms with van der Waals surface area (Å²) >= 11 is 0. The van der Waals surface area contributed by atoms with Crippen molar-refractivity contribution in [1.82, 2.24) is 4.98 Å². The number of benzene rings is 3. The Morgan fingerprint density at radius 1 is 0.613 bits per heavy atom. The van der Waals surface area contributed by atoms with Gasteiger partial charge in [-0.15, -0.1) is 23.3 Å². The first-order chi connectivity index (χ1) is 14.4. The molecule has 0 aliphatic heterocycles. The second-order valence-electron chi connectivity index (χ2n) is 8.70. The molecule has 0 aliphatic carbocycles. The minimum absolute atomic E-state index is 0. The quantitative estimate of drug-likeness (QED) is 0.236. The number of rotatable bonds is 5. The van der Waals surface area contributed by atoms with Crippen LogP contribution in [0.4, 0.5) is 0 Å². The molecule has 31 heavy (non-hydrogen) atoms. The summed E-state index contributed by atoms with van der Waals surface area (Å²) in [6, 6.07) is 37.6. The van der Waals surface area contributed by atoms with Crippen molar-refractivity contribution >= 4 is 0 Å². The van der Waals surface area contributed by atoms with Crippen molar-refractivity contribution in [2.24, 2.45) is 0 Å². The third-order valence-corrected chi connectivity index (χ3v) is 5.91. The summed E-state index contributed by atoms with van der Waals surface area (Å²) in [4.78, 5) is 4.58. The second-order valence-corrected chi connectivity index (χ2v) is 8.70. The fraction of sp³-hybridized carbons (Fsp3) is 0.207. The van der Waals surface area contributed by atoms with Gasteiger partial charge in [0.25, 0.3) is 0 Å². The van der Waals surface area contributed by atoms with Gasteiger partial charge in [-0.05, 0) is 17.5 Å². The molecule has 0 fully saturated rings. The molecule has 0 bridgehead atoms. The van der Waals surface area contributed by atoms with Crippen LogP contribution in [0.15, 0.2) is 85.1 Å². The van der Waals surface area contributed by atoms with E-state index in [1.54, 1.807) is 0 Å². The smallest absolute Gasteiger partial charge is 0.0487 e. The van der Waals surface area contributed by atoms with Crippen LogP contribution in [0, 0.1) is 18.2 Å². The van der Waals surface area contributed by atoms with Gasteiger partial charge >= 0.3 is 0 Å². The Morgan fingerprint density at radius 3 is 1.74 bits per heavy atom. The van der Waals surface area contributed by atoms with E-state index >= 15 is 0 Å². The van der Waals surface area contributed by atoms with Crippen molar-refractivity contribution in [3.63, 3.8) is 0 Å². The predicted molar refractivity (Wildman–Crippen MR) is 123 cm³/mol. The van der Waals surface area contributed by atoms with E-state index in [0.29, 0.717) is 0 Å². The van der Waals surface area contributed by atoms with Crippen LogP contribution >= 0.6 is 0 Å². The zero-order valence-electron chi connectivity index (χ0n) is 18.3. The minimum Gasteiger partial charge on any atom is -0.260 e. The maximum atomic E-state index is 4.58. The molecule has 160 valence electrons. The summed E-state index contributed by atoms with van der Waals surface area (Å²) in [6.45, 7) is 8.83. The molecule has 1 aromatic heterocycles. The number of aromatic nitrogens is 1. The largest absolute Gasteiger partial charge is 0.260 e. The normalized spacial score (nSPS) is 11.6. The Balaban J connectivity index is 0.00000272.